The number of halogens is 4. The SMILES string of the molecule is CCCC(=O)OC1C=CC(OC(=O)CCC)C(Br)C(Br)C(Br)C1Br. The highest BCUT2D eigenvalue weighted by Crippen LogP contribution is 2.36. The zero-order valence-corrected chi connectivity index (χ0v) is 19.9. The molecule has 0 aromatic heterocycles. The van der Waals surface area contributed by atoms with Crippen molar-refractivity contribution in [3.8, 4) is 0 Å². The molecule has 0 N–H and O–H groups in total. The molecule has 1 aliphatic carbocycles. The Bertz CT molecular complexity index is 417. The number of ether oxygens (including phenoxy) is 2. The van der Waals surface area contributed by atoms with Gasteiger partial charge < -0.3 is 9.47 Å². The molecule has 6 unspecified atom stereocenters. The van der Waals surface area contributed by atoms with Gasteiger partial charge in [0.2, 0.25) is 0 Å². The summed E-state index contributed by atoms with van der Waals surface area (Å²) in [5, 5.41) is 0. The zero-order valence-electron chi connectivity index (χ0n) is 13.6. The number of hydrogen-bond donors (Lipinski definition) is 0. The quantitative estimate of drug-likeness (QED) is 0.245. The monoisotopic (exact) mass is 594 g/mol. The normalized spacial score (nSPS) is 33.4. The summed E-state index contributed by atoms with van der Waals surface area (Å²) in [6, 6.07) is 0. The van der Waals surface area contributed by atoms with Gasteiger partial charge in [-0.2, -0.15) is 0 Å². The minimum absolute atomic E-state index is 0.0429. The van der Waals surface area contributed by atoms with Crippen molar-refractivity contribution in [1.29, 1.82) is 0 Å². The third-order valence-electron chi connectivity index (χ3n) is 3.47. The van der Waals surface area contributed by atoms with Gasteiger partial charge in [0.1, 0.15) is 12.2 Å². The first-order chi connectivity index (χ1) is 11.3. The molecule has 0 saturated heterocycles. The topological polar surface area (TPSA) is 52.6 Å². The molecule has 0 bridgehead atoms. The average Bonchev–Trinajstić information content (AvgIpc) is 2.54. The van der Waals surface area contributed by atoms with E-state index in [2.05, 4.69) is 63.7 Å². The van der Waals surface area contributed by atoms with Crippen molar-refractivity contribution >= 4 is 75.7 Å². The van der Waals surface area contributed by atoms with E-state index in [9.17, 15) is 9.59 Å². The zero-order chi connectivity index (χ0) is 18.3. The van der Waals surface area contributed by atoms with Crippen molar-refractivity contribution < 1.29 is 19.1 Å². The van der Waals surface area contributed by atoms with E-state index in [0.717, 1.165) is 12.8 Å². The lowest BCUT2D eigenvalue weighted by Gasteiger charge is -2.34. The van der Waals surface area contributed by atoms with E-state index >= 15 is 0 Å². The maximum Gasteiger partial charge on any atom is 0.306 e. The van der Waals surface area contributed by atoms with Crippen LogP contribution in [0.4, 0.5) is 0 Å². The van der Waals surface area contributed by atoms with E-state index in [-0.39, 0.29) is 31.2 Å². The van der Waals surface area contributed by atoms with Gasteiger partial charge in [-0.25, -0.2) is 0 Å². The highest BCUT2D eigenvalue weighted by Gasteiger charge is 2.40. The fraction of sp³-hybridized carbons (Fsp3) is 0.750. The van der Waals surface area contributed by atoms with Crippen LogP contribution in [0.25, 0.3) is 0 Å². The molecule has 138 valence electrons. The summed E-state index contributed by atoms with van der Waals surface area (Å²) >= 11 is 14.5. The molecule has 0 saturated carbocycles. The van der Waals surface area contributed by atoms with Crippen LogP contribution in [-0.4, -0.2) is 43.5 Å². The molecule has 8 heteroatoms. The standard InChI is InChI=1S/C16H22Br4O4/c1-3-5-11(21)23-9-7-8-10(24-12(22)6-4-2)14(18)16(20)15(19)13(9)17/h7-10,13-16H,3-6H2,1-2H3. The van der Waals surface area contributed by atoms with Gasteiger partial charge in [-0.3, -0.25) is 9.59 Å². The van der Waals surface area contributed by atoms with Gasteiger partial charge in [0.15, 0.2) is 0 Å². The molecule has 24 heavy (non-hydrogen) atoms. The van der Waals surface area contributed by atoms with Gasteiger partial charge in [0.25, 0.3) is 0 Å². The van der Waals surface area contributed by atoms with Crippen LogP contribution in [0.1, 0.15) is 39.5 Å². The molecular formula is C16H22Br4O4. The van der Waals surface area contributed by atoms with Gasteiger partial charge in [-0.15, -0.1) is 0 Å². The van der Waals surface area contributed by atoms with E-state index < -0.39 is 12.2 Å². The van der Waals surface area contributed by atoms with E-state index in [4.69, 9.17) is 9.47 Å². The van der Waals surface area contributed by atoms with Gasteiger partial charge in [-0.05, 0) is 25.0 Å². The van der Waals surface area contributed by atoms with Crippen LogP contribution >= 0.6 is 63.7 Å². The Morgan fingerprint density at radius 2 is 1.08 bits per heavy atom. The molecule has 0 heterocycles. The molecule has 0 fully saturated rings. The maximum atomic E-state index is 11.9. The van der Waals surface area contributed by atoms with Crippen molar-refractivity contribution in [3.63, 3.8) is 0 Å². The second-order valence-corrected chi connectivity index (χ2v) is 9.80. The highest BCUT2D eigenvalue weighted by molar-refractivity contribution is 9.14. The first kappa shape index (κ1) is 22.6. The average molecular weight is 598 g/mol. The molecule has 0 aromatic carbocycles. The van der Waals surface area contributed by atoms with Crippen molar-refractivity contribution in [2.45, 2.75) is 71.0 Å². The van der Waals surface area contributed by atoms with Gasteiger partial charge in [-0.1, -0.05) is 77.6 Å². The van der Waals surface area contributed by atoms with Crippen LogP contribution in [-0.2, 0) is 19.1 Å². The number of esters is 2. The summed E-state index contributed by atoms with van der Waals surface area (Å²) in [6.07, 6.45) is 4.93. The Balaban J connectivity index is 2.95. The van der Waals surface area contributed by atoms with E-state index in [0.29, 0.717) is 12.8 Å². The summed E-state index contributed by atoms with van der Waals surface area (Å²) < 4.78 is 11.1. The predicted molar refractivity (Wildman–Crippen MR) is 110 cm³/mol. The predicted octanol–water partition coefficient (Wildman–Crippen LogP) is 5.03. The van der Waals surface area contributed by atoms with Crippen LogP contribution < -0.4 is 0 Å². The molecule has 0 spiro atoms. The minimum atomic E-state index is -0.444. The number of alkyl halides is 4. The summed E-state index contributed by atoms with van der Waals surface area (Å²) in [7, 11) is 0. The molecule has 6 atom stereocenters. The third kappa shape index (κ3) is 6.72. The number of hydrogen-bond acceptors (Lipinski definition) is 4. The van der Waals surface area contributed by atoms with Gasteiger partial charge in [0.05, 0.1) is 9.65 Å². The molecule has 1 rings (SSSR count). The highest BCUT2D eigenvalue weighted by atomic mass is 79.9. The smallest absolute Gasteiger partial charge is 0.306 e. The summed E-state index contributed by atoms with van der Waals surface area (Å²) in [4.78, 5) is 23.4. The summed E-state index contributed by atoms with van der Waals surface area (Å²) in [5.41, 5.74) is 0. The Hall–Kier alpha value is 0.600. The molecule has 0 aromatic rings. The van der Waals surface area contributed by atoms with E-state index in [1.165, 1.54) is 0 Å². The van der Waals surface area contributed by atoms with Crippen LogP contribution in [0.5, 0.6) is 0 Å². The molecule has 0 aliphatic heterocycles. The summed E-state index contributed by atoms with van der Waals surface area (Å²) in [6.45, 7) is 3.86. The molecule has 0 amide bonds. The fourth-order valence-electron chi connectivity index (χ4n) is 2.18. The van der Waals surface area contributed by atoms with E-state index in [1.807, 2.05) is 13.8 Å². The first-order valence-corrected chi connectivity index (χ1v) is 11.6. The van der Waals surface area contributed by atoms with Crippen molar-refractivity contribution in [2.24, 2.45) is 0 Å². The molecule has 1 aliphatic rings. The van der Waals surface area contributed by atoms with Crippen molar-refractivity contribution in [3.05, 3.63) is 12.2 Å². The fourth-order valence-corrected chi connectivity index (χ4v) is 5.49. The molecule has 4 nitrogen and oxygen atoms in total. The van der Waals surface area contributed by atoms with Crippen molar-refractivity contribution in [2.75, 3.05) is 0 Å². The second-order valence-electron chi connectivity index (χ2n) is 5.57. The van der Waals surface area contributed by atoms with Gasteiger partial charge >= 0.3 is 11.9 Å². The molecular weight excluding hydrogens is 576 g/mol. The van der Waals surface area contributed by atoms with Crippen LogP contribution in [0.3, 0.4) is 0 Å². The van der Waals surface area contributed by atoms with E-state index in [1.54, 1.807) is 12.2 Å². The minimum Gasteiger partial charge on any atom is -0.457 e. The van der Waals surface area contributed by atoms with Crippen molar-refractivity contribution in [1.82, 2.24) is 0 Å². The first-order valence-electron chi connectivity index (χ1n) is 7.95. The third-order valence-corrected chi connectivity index (χ3v) is 10.1. The lowest BCUT2D eigenvalue weighted by Crippen LogP contribution is -2.45. The van der Waals surface area contributed by atoms with Crippen LogP contribution in [0.15, 0.2) is 12.2 Å². The Kier molecular flexibility index (Phi) is 10.7. The maximum absolute atomic E-state index is 11.9. The lowest BCUT2D eigenvalue weighted by atomic mass is 10.0. The number of rotatable bonds is 6. The second kappa shape index (κ2) is 11.3. The number of carbonyl (C=O) groups is 2. The Morgan fingerprint density at radius 1 is 0.750 bits per heavy atom. The Labute approximate surface area is 177 Å². The largest absolute Gasteiger partial charge is 0.457 e. The van der Waals surface area contributed by atoms with Crippen LogP contribution in [0.2, 0.25) is 0 Å². The molecule has 0 radical (unpaired) electrons. The number of carbonyl (C=O) groups excluding carboxylic acids is 2. The van der Waals surface area contributed by atoms with Crippen LogP contribution in [0, 0.1) is 0 Å². The lowest BCUT2D eigenvalue weighted by molar-refractivity contribution is -0.148. The van der Waals surface area contributed by atoms with Gasteiger partial charge in [0, 0.05) is 22.5 Å². The summed E-state index contributed by atoms with van der Waals surface area (Å²) in [5.74, 6) is -0.476. The Morgan fingerprint density at radius 3 is 1.38 bits per heavy atom.